The maximum absolute atomic E-state index is 12.9. The Morgan fingerprint density at radius 3 is 2.66 bits per heavy atom. The molecule has 2 fully saturated rings. The summed E-state index contributed by atoms with van der Waals surface area (Å²) in [6.07, 6.45) is 7.06. The topological polar surface area (TPSA) is 138 Å². The fourth-order valence-electron chi connectivity index (χ4n) is 3.99. The van der Waals surface area contributed by atoms with Gasteiger partial charge in [0.15, 0.2) is 0 Å². The Morgan fingerprint density at radius 1 is 1.17 bits per heavy atom. The maximum Gasteiger partial charge on any atom is 0.342 e. The number of rotatable bonds is 4. The minimum atomic E-state index is -0.799. The van der Waals surface area contributed by atoms with Crippen LogP contribution in [0.2, 0.25) is 5.02 Å². The van der Waals surface area contributed by atoms with E-state index < -0.39 is 23.6 Å². The molecule has 3 atom stereocenters. The molecule has 4 rings (SSSR count). The number of esters is 1. The van der Waals surface area contributed by atoms with Crippen LogP contribution in [0, 0.1) is 0 Å². The van der Waals surface area contributed by atoms with E-state index in [4.69, 9.17) is 25.9 Å². The highest BCUT2D eigenvalue weighted by Crippen LogP contribution is 2.38. The van der Waals surface area contributed by atoms with Gasteiger partial charge >= 0.3 is 5.97 Å². The first-order chi connectivity index (χ1) is 16.7. The van der Waals surface area contributed by atoms with Gasteiger partial charge in [0.2, 0.25) is 11.8 Å². The highest BCUT2D eigenvalue weighted by atomic mass is 35.5. The molecular formula is C24H25ClN2O8. The van der Waals surface area contributed by atoms with E-state index in [0.29, 0.717) is 12.1 Å². The standard InChI is InChI=1S/C24H25ClN2O8/c1-13-10-19-18(35-19)5-3-2-4-14(26-33-9-8-27-20(30)6-7-21(27)31)11-15-22(24(32)34-13)16(28)12-17(29)23(15)25/h2-5,12-13,18-19,28-29H,6-11H2,1H3/b4-2+,5-3+,26-14+. The number of phenolic OH excluding ortho intramolecular Hbond substituents is 2. The highest BCUT2D eigenvalue weighted by Gasteiger charge is 2.38. The van der Waals surface area contributed by atoms with E-state index in [1.165, 1.54) is 0 Å². The summed E-state index contributed by atoms with van der Waals surface area (Å²) in [6.45, 7) is 1.75. The zero-order valence-electron chi connectivity index (χ0n) is 19.0. The average Bonchev–Trinajstić information content (AvgIpc) is 3.45. The third-order valence-electron chi connectivity index (χ3n) is 5.82. The van der Waals surface area contributed by atoms with Crippen molar-refractivity contribution in [2.24, 2.45) is 5.16 Å². The number of hydrogen-bond acceptors (Lipinski definition) is 9. The molecule has 0 radical (unpaired) electrons. The van der Waals surface area contributed by atoms with Crippen molar-refractivity contribution in [1.82, 2.24) is 4.90 Å². The van der Waals surface area contributed by atoms with Crippen molar-refractivity contribution in [2.45, 2.75) is 50.9 Å². The van der Waals surface area contributed by atoms with E-state index in [0.717, 1.165) is 11.0 Å². The molecule has 35 heavy (non-hydrogen) atoms. The number of carbonyl (C=O) groups excluding carboxylic acids is 3. The van der Waals surface area contributed by atoms with Gasteiger partial charge in [-0.3, -0.25) is 14.5 Å². The second-order valence-electron chi connectivity index (χ2n) is 8.45. The first-order valence-corrected chi connectivity index (χ1v) is 11.6. The number of amides is 2. The van der Waals surface area contributed by atoms with Gasteiger partial charge in [0.1, 0.15) is 35.9 Å². The number of aromatic hydroxyl groups is 2. The molecule has 186 valence electrons. The monoisotopic (exact) mass is 504 g/mol. The van der Waals surface area contributed by atoms with Crippen molar-refractivity contribution in [3.05, 3.63) is 46.5 Å². The van der Waals surface area contributed by atoms with Crippen molar-refractivity contribution in [3.63, 3.8) is 0 Å². The Labute approximate surface area is 206 Å². The highest BCUT2D eigenvalue weighted by molar-refractivity contribution is 6.33. The molecule has 2 N–H and O–H groups in total. The van der Waals surface area contributed by atoms with E-state index in [-0.39, 0.29) is 72.6 Å². The van der Waals surface area contributed by atoms with Crippen LogP contribution in [0.1, 0.15) is 42.1 Å². The number of ether oxygens (including phenoxy) is 2. The molecule has 2 amide bonds. The van der Waals surface area contributed by atoms with E-state index in [2.05, 4.69) is 5.16 Å². The van der Waals surface area contributed by atoms with Crippen LogP contribution < -0.4 is 0 Å². The van der Waals surface area contributed by atoms with Gasteiger partial charge in [-0.15, -0.1) is 0 Å². The predicted octanol–water partition coefficient (Wildman–Crippen LogP) is 2.64. The van der Waals surface area contributed by atoms with Gasteiger partial charge < -0.3 is 24.5 Å². The molecule has 11 heteroatoms. The number of imide groups is 1. The van der Waals surface area contributed by atoms with Crippen molar-refractivity contribution in [1.29, 1.82) is 0 Å². The Kier molecular flexibility index (Phi) is 7.42. The van der Waals surface area contributed by atoms with Crippen LogP contribution in [-0.2, 0) is 30.3 Å². The van der Waals surface area contributed by atoms with Gasteiger partial charge in [0.25, 0.3) is 0 Å². The quantitative estimate of drug-likeness (QED) is 0.210. The molecule has 3 aliphatic rings. The summed E-state index contributed by atoms with van der Waals surface area (Å²) in [7, 11) is 0. The number of likely N-dealkylation sites (tertiary alicyclic amines) is 1. The van der Waals surface area contributed by atoms with E-state index in [9.17, 15) is 24.6 Å². The number of hydrogen-bond donors (Lipinski definition) is 2. The average molecular weight is 505 g/mol. The molecule has 2 saturated heterocycles. The number of halogens is 1. The Balaban J connectivity index is 1.61. The molecule has 3 aliphatic heterocycles. The molecule has 1 aromatic rings. The lowest BCUT2D eigenvalue weighted by Crippen LogP contribution is -2.32. The number of nitrogens with zero attached hydrogens (tertiary/aromatic N) is 2. The summed E-state index contributed by atoms with van der Waals surface area (Å²) in [6, 6.07) is 0.978. The Bertz CT molecular complexity index is 1110. The van der Waals surface area contributed by atoms with Crippen LogP contribution in [0.3, 0.4) is 0 Å². The minimum absolute atomic E-state index is 0.0340. The number of benzene rings is 1. The first-order valence-electron chi connectivity index (χ1n) is 11.2. The molecule has 0 spiro atoms. The fourth-order valence-corrected chi connectivity index (χ4v) is 4.20. The number of fused-ring (bicyclic) bond motifs is 2. The number of cyclic esters (lactones) is 1. The van der Waals surface area contributed by atoms with Crippen LogP contribution in [0.15, 0.2) is 35.5 Å². The van der Waals surface area contributed by atoms with Gasteiger partial charge in [-0.05, 0) is 18.6 Å². The Hall–Kier alpha value is -3.37. The fraction of sp³-hybridized carbons (Fsp3) is 0.417. The zero-order valence-corrected chi connectivity index (χ0v) is 19.7. The maximum atomic E-state index is 12.9. The number of carbonyl (C=O) groups is 3. The molecule has 0 aromatic heterocycles. The summed E-state index contributed by atoms with van der Waals surface area (Å²) in [5.74, 6) is -2.20. The second kappa shape index (κ2) is 10.5. The van der Waals surface area contributed by atoms with Crippen LogP contribution in [0.5, 0.6) is 11.5 Å². The molecule has 1 aromatic carbocycles. The molecule has 3 unspecified atom stereocenters. The number of allylic oxidation sites excluding steroid dienone is 3. The molecule has 0 saturated carbocycles. The summed E-state index contributed by atoms with van der Waals surface area (Å²) >= 11 is 6.31. The largest absolute Gasteiger partial charge is 0.507 e. The SMILES string of the molecule is CC1CC2OC2/C=C/C=C/C(=N\OCCN2C(=O)CCC2=O)Cc2c(Cl)c(O)cc(O)c2C(=O)O1. The van der Waals surface area contributed by atoms with Gasteiger partial charge in [-0.1, -0.05) is 35.0 Å². The lowest BCUT2D eigenvalue weighted by Gasteiger charge is -2.17. The van der Waals surface area contributed by atoms with Crippen LogP contribution in [-0.4, -0.2) is 70.1 Å². The van der Waals surface area contributed by atoms with Crippen LogP contribution in [0.25, 0.3) is 0 Å². The van der Waals surface area contributed by atoms with Crippen LogP contribution >= 0.6 is 11.6 Å². The summed E-state index contributed by atoms with van der Waals surface area (Å²) in [5.41, 5.74) is 0.225. The number of phenols is 2. The van der Waals surface area contributed by atoms with Crippen molar-refractivity contribution in [3.8, 4) is 11.5 Å². The third-order valence-corrected chi connectivity index (χ3v) is 6.24. The van der Waals surface area contributed by atoms with Crippen molar-refractivity contribution in [2.75, 3.05) is 13.2 Å². The minimum Gasteiger partial charge on any atom is -0.507 e. The molecule has 0 aliphatic carbocycles. The number of oxime groups is 1. The zero-order chi connectivity index (χ0) is 25.1. The predicted molar refractivity (Wildman–Crippen MR) is 124 cm³/mol. The Morgan fingerprint density at radius 2 is 1.91 bits per heavy atom. The molecule has 10 nitrogen and oxygen atoms in total. The second-order valence-corrected chi connectivity index (χ2v) is 8.83. The lowest BCUT2D eigenvalue weighted by atomic mass is 9.99. The van der Waals surface area contributed by atoms with Gasteiger partial charge in [-0.25, -0.2) is 4.79 Å². The van der Waals surface area contributed by atoms with Gasteiger partial charge in [-0.2, -0.15) is 0 Å². The van der Waals surface area contributed by atoms with Crippen molar-refractivity contribution >= 4 is 35.1 Å². The van der Waals surface area contributed by atoms with Gasteiger partial charge in [0, 0.05) is 31.7 Å². The third kappa shape index (κ3) is 5.83. The van der Waals surface area contributed by atoms with Gasteiger partial charge in [0.05, 0.1) is 23.4 Å². The van der Waals surface area contributed by atoms with E-state index in [1.807, 2.05) is 6.08 Å². The molecular weight excluding hydrogens is 480 g/mol. The van der Waals surface area contributed by atoms with E-state index >= 15 is 0 Å². The summed E-state index contributed by atoms with van der Waals surface area (Å²) in [5, 5.41) is 24.5. The summed E-state index contributed by atoms with van der Waals surface area (Å²) in [4.78, 5) is 42.9. The smallest absolute Gasteiger partial charge is 0.342 e. The number of epoxide rings is 1. The van der Waals surface area contributed by atoms with Crippen LogP contribution in [0.4, 0.5) is 0 Å². The van der Waals surface area contributed by atoms with E-state index in [1.54, 1.807) is 25.2 Å². The summed E-state index contributed by atoms with van der Waals surface area (Å²) < 4.78 is 11.1. The molecule has 0 bridgehead atoms. The first kappa shape index (κ1) is 24.7. The lowest BCUT2D eigenvalue weighted by molar-refractivity contribution is -0.139. The van der Waals surface area contributed by atoms with Crippen molar-refractivity contribution < 1.29 is 38.9 Å². The molecule has 3 heterocycles. The normalized spacial score (nSPS) is 27.6.